The number of nitrogens with zero attached hydrogens (tertiary/aromatic N) is 3. The van der Waals surface area contributed by atoms with Gasteiger partial charge >= 0.3 is 0 Å². The molecule has 0 saturated heterocycles. The number of H-pyrrole nitrogens is 1. The van der Waals surface area contributed by atoms with Crippen LogP contribution in [0.4, 0.5) is 5.95 Å². The number of anilines is 1. The first-order valence-electron chi connectivity index (χ1n) is 5.77. The van der Waals surface area contributed by atoms with Crippen LogP contribution in [0.3, 0.4) is 0 Å². The lowest BCUT2D eigenvalue weighted by atomic mass is 10.4. The van der Waals surface area contributed by atoms with Crippen LogP contribution in [-0.4, -0.2) is 54.9 Å². The molecule has 2 aromatic rings. The van der Waals surface area contributed by atoms with Gasteiger partial charge < -0.3 is 25.8 Å². The molecule has 0 radical (unpaired) electrons. The molecule has 0 aliphatic carbocycles. The predicted molar refractivity (Wildman–Crippen MR) is 68.7 cm³/mol. The summed E-state index contributed by atoms with van der Waals surface area (Å²) in [6.07, 6.45) is 0.282. The molecular formula is C10H14N6O4. The number of aliphatic hydroxyl groups is 2. The molecule has 0 aliphatic heterocycles. The van der Waals surface area contributed by atoms with Crippen LogP contribution >= 0.6 is 0 Å². The molecule has 1 amide bonds. The fourth-order valence-electron chi connectivity index (χ4n) is 1.59. The molecule has 0 fully saturated rings. The Bertz CT molecular complexity index is 678. The fraction of sp³-hybridized carbons (Fsp3) is 0.400. The lowest BCUT2D eigenvalue weighted by Crippen LogP contribution is -2.35. The Morgan fingerprint density at radius 1 is 1.60 bits per heavy atom. The Hall–Kier alpha value is -2.46. The summed E-state index contributed by atoms with van der Waals surface area (Å²) >= 11 is 0. The summed E-state index contributed by atoms with van der Waals surface area (Å²) in [5.41, 5.74) is 5.23. The van der Waals surface area contributed by atoms with Crippen molar-refractivity contribution in [1.82, 2.24) is 24.8 Å². The normalized spacial score (nSPS) is 12.5. The van der Waals surface area contributed by atoms with E-state index < -0.39 is 24.2 Å². The molecule has 108 valence electrons. The number of carbonyl (C=O) groups excluding carboxylic acids is 1. The highest BCUT2D eigenvalue weighted by Gasteiger charge is 2.12. The summed E-state index contributed by atoms with van der Waals surface area (Å²) in [7, 11) is 0. The Morgan fingerprint density at radius 3 is 3.05 bits per heavy atom. The molecule has 2 rings (SSSR count). The van der Waals surface area contributed by atoms with Gasteiger partial charge in [0.25, 0.3) is 5.56 Å². The molecule has 0 aliphatic rings. The van der Waals surface area contributed by atoms with Crippen molar-refractivity contribution in [2.24, 2.45) is 0 Å². The first kappa shape index (κ1) is 14.0. The van der Waals surface area contributed by atoms with E-state index in [4.69, 9.17) is 15.9 Å². The van der Waals surface area contributed by atoms with Crippen molar-refractivity contribution in [3.05, 3.63) is 16.7 Å². The summed E-state index contributed by atoms with van der Waals surface area (Å²) < 4.78 is 1.36. The van der Waals surface area contributed by atoms with Gasteiger partial charge in [-0.1, -0.05) is 0 Å². The molecule has 20 heavy (non-hydrogen) atoms. The number of amides is 1. The standard InChI is InChI=1S/C10H14N6O4/c11-10-14-8-7(9(20)15-10)13-4-16(8)2-6(19)12-1-5(18)3-17/h4-5,17-18H,1-3H2,(H,12,19)(H3,11,14,15,20). The lowest BCUT2D eigenvalue weighted by molar-refractivity contribution is -0.122. The minimum Gasteiger partial charge on any atom is -0.394 e. The topological polar surface area (TPSA) is 159 Å². The van der Waals surface area contributed by atoms with E-state index in [-0.39, 0.29) is 30.2 Å². The molecule has 10 heteroatoms. The van der Waals surface area contributed by atoms with Crippen LogP contribution in [0.1, 0.15) is 0 Å². The van der Waals surface area contributed by atoms with Crippen LogP contribution in [0.15, 0.2) is 11.1 Å². The van der Waals surface area contributed by atoms with E-state index in [2.05, 4.69) is 20.3 Å². The van der Waals surface area contributed by atoms with Gasteiger partial charge in [0.1, 0.15) is 6.54 Å². The van der Waals surface area contributed by atoms with Gasteiger partial charge in [-0.2, -0.15) is 4.98 Å². The lowest BCUT2D eigenvalue weighted by Gasteiger charge is -2.09. The zero-order valence-corrected chi connectivity index (χ0v) is 10.4. The number of hydrogen-bond donors (Lipinski definition) is 5. The van der Waals surface area contributed by atoms with Gasteiger partial charge in [-0.3, -0.25) is 14.6 Å². The van der Waals surface area contributed by atoms with Crippen molar-refractivity contribution < 1.29 is 15.0 Å². The van der Waals surface area contributed by atoms with E-state index >= 15 is 0 Å². The average molecular weight is 282 g/mol. The first-order chi connectivity index (χ1) is 9.51. The van der Waals surface area contributed by atoms with Crippen LogP contribution in [0.5, 0.6) is 0 Å². The molecule has 10 nitrogen and oxygen atoms in total. The Balaban J connectivity index is 2.14. The molecular weight excluding hydrogens is 268 g/mol. The second-order valence-corrected chi connectivity index (χ2v) is 4.14. The molecule has 2 aromatic heterocycles. The molecule has 1 unspecified atom stereocenters. The highest BCUT2D eigenvalue weighted by atomic mass is 16.3. The summed E-state index contributed by atoms with van der Waals surface area (Å²) in [6.45, 7) is -0.648. The van der Waals surface area contributed by atoms with Gasteiger partial charge in [-0.25, -0.2) is 4.98 Å². The van der Waals surface area contributed by atoms with Gasteiger partial charge in [0.05, 0.1) is 19.0 Å². The number of nitrogens with one attached hydrogen (secondary N) is 2. The van der Waals surface area contributed by atoms with Crippen LogP contribution in [0.2, 0.25) is 0 Å². The highest BCUT2D eigenvalue weighted by molar-refractivity contribution is 5.78. The Morgan fingerprint density at radius 2 is 2.35 bits per heavy atom. The number of hydrogen-bond acceptors (Lipinski definition) is 7. The number of aliphatic hydroxyl groups excluding tert-OH is 2. The second-order valence-electron chi connectivity index (χ2n) is 4.14. The minimum atomic E-state index is -1.02. The van der Waals surface area contributed by atoms with Crippen molar-refractivity contribution >= 4 is 23.0 Å². The van der Waals surface area contributed by atoms with E-state index in [1.165, 1.54) is 10.9 Å². The first-order valence-corrected chi connectivity index (χ1v) is 5.77. The van der Waals surface area contributed by atoms with Crippen LogP contribution in [0, 0.1) is 0 Å². The van der Waals surface area contributed by atoms with Crippen molar-refractivity contribution in [2.75, 3.05) is 18.9 Å². The predicted octanol–water partition coefficient (Wildman–Crippen LogP) is -2.83. The summed E-state index contributed by atoms with van der Waals surface area (Å²) in [4.78, 5) is 33.3. The minimum absolute atomic E-state index is 0.0691. The maximum atomic E-state index is 11.6. The number of aromatic nitrogens is 4. The molecule has 0 saturated carbocycles. The maximum absolute atomic E-state index is 11.6. The van der Waals surface area contributed by atoms with E-state index in [1.807, 2.05) is 0 Å². The Labute approximate surface area is 112 Å². The SMILES string of the molecule is Nc1nc2c(ncn2CC(=O)NCC(O)CO)c(=O)[nH]1. The largest absolute Gasteiger partial charge is 0.394 e. The third-order valence-electron chi connectivity index (χ3n) is 2.55. The quantitative estimate of drug-likeness (QED) is 0.395. The van der Waals surface area contributed by atoms with E-state index in [9.17, 15) is 9.59 Å². The molecule has 0 spiro atoms. The number of fused-ring (bicyclic) bond motifs is 1. The van der Waals surface area contributed by atoms with Crippen molar-refractivity contribution in [2.45, 2.75) is 12.6 Å². The number of nitrogens with two attached hydrogens (primary N) is 1. The zero-order valence-electron chi connectivity index (χ0n) is 10.4. The third kappa shape index (κ3) is 2.92. The van der Waals surface area contributed by atoms with Gasteiger partial charge in [-0.15, -0.1) is 0 Å². The zero-order chi connectivity index (χ0) is 14.7. The fourth-order valence-corrected chi connectivity index (χ4v) is 1.59. The molecule has 1 atom stereocenters. The number of rotatable bonds is 5. The maximum Gasteiger partial charge on any atom is 0.280 e. The van der Waals surface area contributed by atoms with Gasteiger partial charge in [0.2, 0.25) is 11.9 Å². The molecule has 2 heterocycles. The average Bonchev–Trinajstić information content (AvgIpc) is 2.79. The van der Waals surface area contributed by atoms with Crippen LogP contribution < -0.4 is 16.6 Å². The summed E-state index contributed by atoms with van der Waals surface area (Å²) in [6, 6.07) is 0. The molecule has 0 aromatic carbocycles. The molecule has 0 bridgehead atoms. The van der Waals surface area contributed by atoms with Crippen molar-refractivity contribution in [1.29, 1.82) is 0 Å². The summed E-state index contributed by atoms with van der Waals surface area (Å²) in [5, 5.41) is 20.2. The monoisotopic (exact) mass is 282 g/mol. The smallest absolute Gasteiger partial charge is 0.280 e. The van der Waals surface area contributed by atoms with Crippen LogP contribution in [-0.2, 0) is 11.3 Å². The van der Waals surface area contributed by atoms with Crippen LogP contribution in [0.25, 0.3) is 11.2 Å². The van der Waals surface area contributed by atoms with Crippen molar-refractivity contribution in [3.63, 3.8) is 0 Å². The number of imidazole rings is 1. The van der Waals surface area contributed by atoms with E-state index in [1.54, 1.807) is 0 Å². The number of aromatic amines is 1. The van der Waals surface area contributed by atoms with E-state index in [0.717, 1.165) is 0 Å². The number of nitrogen functional groups attached to an aromatic ring is 1. The van der Waals surface area contributed by atoms with Gasteiger partial charge in [0.15, 0.2) is 11.2 Å². The molecule has 6 N–H and O–H groups in total. The van der Waals surface area contributed by atoms with Gasteiger partial charge in [-0.05, 0) is 0 Å². The van der Waals surface area contributed by atoms with Gasteiger partial charge in [0, 0.05) is 6.54 Å². The third-order valence-corrected chi connectivity index (χ3v) is 2.55. The summed E-state index contributed by atoms with van der Waals surface area (Å²) in [5.74, 6) is -0.488. The van der Waals surface area contributed by atoms with Crippen molar-refractivity contribution in [3.8, 4) is 0 Å². The number of carbonyl (C=O) groups is 1. The Kier molecular flexibility index (Phi) is 3.96. The second kappa shape index (κ2) is 5.67. The van der Waals surface area contributed by atoms with E-state index in [0.29, 0.717) is 0 Å². The highest BCUT2D eigenvalue weighted by Crippen LogP contribution is 2.05.